The molecule has 19 heavy (non-hydrogen) atoms. The highest BCUT2D eigenvalue weighted by Gasteiger charge is 2.16. The van der Waals surface area contributed by atoms with E-state index in [4.69, 9.17) is 18.0 Å². The van der Waals surface area contributed by atoms with Gasteiger partial charge in [-0.15, -0.1) is 0 Å². The molecule has 0 saturated heterocycles. The first-order chi connectivity index (χ1) is 8.99. The number of aromatic nitrogens is 2. The summed E-state index contributed by atoms with van der Waals surface area (Å²) in [6, 6.07) is 7.63. The van der Waals surface area contributed by atoms with Gasteiger partial charge in [-0.3, -0.25) is 0 Å². The van der Waals surface area contributed by atoms with E-state index in [0.717, 1.165) is 0 Å². The number of benzene rings is 1. The Labute approximate surface area is 115 Å². The molecule has 0 spiro atoms. The van der Waals surface area contributed by atoms with E-state index in [1.54, 1.807) is 18.2 Å². The van der Waals surface area contributed by atoms with Gasteiger partial charge in [-0.2, -0.15) is 0 Å². The summed E-state index contributed by atoms with van der Waals surface area (Å²) in [7, 11) is -3.76. The Morgan fingerprint density at radius 1 is 1.21 bits per heavy atom. The van der Waals surface area contributed by atoms with Crippen molar-refractivity contribution < 1.29 is 8.42 Å². The van der Waals surface area contributed by atoms with Gasteiger partial charge in [0.05, 0.1) is 4.90 Å². The quantitative estimate of drug-likeness (QED) is 0.813. The first kappa shape index (κ1) is 13.4. The molecule has 2 rings (SSSR count). The summed E-state index contributed by atoms with van der Waals surface area (Å²) in [6.45, 7) is 0. The highest BCUT2D eigenvalue weighted by atomic mass is 32.2. The molecular formula is C11H10N4O2S2. The van der Waals surface area contributed by atoms with Crippen molar-refractivity contribution in [1.82, 2.24) is 9.97 Å². The largest absolute Gasteiger partial charge is 0.389 e. The second-order valence-electron chi connectivity index (χ2n) is 3.57. The maximum Gasteiger partial charge on any atom is 0.264 e. The zero-order valence-electron chi connectivity index (χ0n) is 9.65. The lowest BCUT2D eigenvalue weighted by molar-refractivity contribution is 0.601. The molecule has 0 aliphatic heterocycles. The lowest BCUT2D eigenvalue weighted by atomic mass is 10.2. The first-order valence-electron chi connectivity index (χ1n) is 5.19. The summed E-state index contributed by atoms with van der Waals surface area (Å²) in [5.41, 5.74) is 5.95. The molecule has 2 aromatic rings. The maximum absolute atomic E-state index is 12.1. The van der Waals surface area contributed by atoms with Crippen LogP contribution in [0, 0.1) is 0 Å². The Morgan fingerprint density at radius 3 is 2.53 bits per heavy atom. The standard InChI is InChI=1S/C11H10N4O2S2/c12-10(18)8-3-1-4-9(7-8)19(16,17)15-11-13-5-2-6-14-11/h1-7H,(H2,12,18)(H,13,14,15). The third-order valence-electron chi connectivity index (χ3n) is 2.22. The van der Waals surface area contributed by atoms with Crippen LogP contribution in [0.25, 0.3) is 0 Å². The zero-order chi connectivity index (χ0) is 13.9. The van der Waals surface area contributed by atoms with E-state index in [1.165, 1.54) is 24.5 Å². The molecule has 0 amide bonds. The molecular weight excluding hydrogens is 284 g/mol. The average molecular weight is 294 g/mol. The van der Waals surface area contributed by atoms with E-state index in [2.05, 4.69) is 14.7 Å². The summed E-state index contributed by atoms with van der Waals surface area (Å²) in [4.78, 5) is 7.77. The van der Waals surface area contributed by atoms with Crippen molar-refractivity contribution in [3.05, 3.63) is 48.3 Å². The number of nitrogens with one attached hydrogen (secondary N) is 1. The minimum absolute atomic E-state index is 0.00299. The fourth-order valence-electron chi connectivity index (χ4n) is 1.35. The van der Waals surface area contributed by atoms with Crippen molar-refractivity contribution in [1.29, 1.82) is 0 Å². The summed E-state index contributed by atoms with van der Waals surface area (Å²) >= 11 is 4.81. The summed E-state index contributed by atoms with van der Waals surface area (Å²) < 4.78 is 26.5. The molecule has 0 aliphatic rings. The van der Waals surface area contributed by atoms with Crippen molar-refractivity contribution in [2.75, 3.05) is 4.72 Å². The number of anilines is 1. The van der Waals surface area contributed by atoms with E-state index >= 15 is 0 Å². The number of sulfonamides is 1. The Balaban J connectivity index is 2.35. The number of hydrogen-bond acceptors (Lipinski definition) is 5. The van der Waals surface area contributed by atoms with E-state index in [9.17, 15) is 8.42 Å². The lowest BCUT2D eigenvalue weighted by Crippen LogP contribution is -2.16. The lowest BCUT2D eigenvalue weighted by Gasteiger charge is -2.07. The van der Waals surface area contributed by atoms with Gasteiger partial charge in [0.15, 0.2) is 0 Å². The zero-order valence-corrected chi connectivity index (χ0v) is 11.3. The van der Waals surface area contributed by atoms with Gasteiger partial charge < -0.3 is 5.73 Å². The molecule has 1 aromatic heterocycles. The molecule has 1 aromatic carbocycles. The van der Waals surface area contributed by atoms with Crippen LogP contribution < -0.4 is 10.5 Å². The molecule has 0 radical (unpaired) electrons. The van der Waals surface area contributed by atoms with Crippen molar-refractivity contribution >= 4 is 33.2 Å². The van der Waals surface area contributed by atoms with E-state index in [1.807, 2.05) is 0 Å². The van der Waals surface area contributed by atoms with Gasteiger partial charge in [-0.1, -0.05) is 24.4 Å². The van der Waals surface area contributed by atoms with E-state index in [-0.39, 0.29) is 15.8 Å². The predicted molar refractivity (Wildman–Crippen MR) is 75.2 cm³/mol. The normalized spacial score (nSPS) is 10.9. The van der Waals surface area contributed by atoms with Crippen LogP contribution in [0.15, 0.2) is 47.6 Å². The van der Waals surface area contributed by atoms with Crippen molar-refractivity contribution in [3.63, 3.8) is 0 Å². The number of rotatable bonds is 4. The number of thiocarbonyl (C=S) groups is 1. The van der Waals surface area contributed by atoms with Gasteiger partial charge in [0.25, 0.3) is 10.0 Å². The van der Waals surface area contributed by atoms with Crippen LogP contribution in [0.1, 0.15) is 5.56 Å². The maximum atomic E-state index is 12.1. The van der Waals surface area contributed by atoms with Crippen LogP contribution in [0.3, 0.4) is 0 Å². The highest BCUT2D eigenvalue weighted by Crippen LogP contribution is 2.14. The molecule has 98 valence electrons. The van der Waals surface area contributed by atoms with Crippen LogP contribution in [0.4, 0.5) is 5.95 Å². The van der Waals surface area contributed by atoms with Gasteiger partial charge in [-0.25, -0.2) is 23.1 Å². The minimum atomic E-state index is -3.76. The highest BCUT2D eigenvalue weighted by molar-refractivity contribution is 7.92. The van der Waals surface area contributed by atoms with E-state index < -0.39 is 10.0 Å². The molecule has 0 atom stereocenters. The van der Waals surface area contributed by atoms with Gasteiger partial charge in [-0.05, 0) is 18.2 Å². The molecule has 0 unspecified atom stereocenters. The van der Waals surface area contributed by atoms with Crippen molar-refractivity contribution in [2.24, 2.45) is 5.73 Å². The number of nitrogens with zero attached hydrogens (tertiary/aromatic N) is 2. The Hall–Kier alpha value is -2.06. The van der Waals surface area contributed by atoms with Crippen LogP contribution in [-0.4, -0.2) is 23.4 Å². The van der Waals surface area contributed by atoms with Crippen LogP contribution in [0.2, 0.25) is 0 Å². The van der Waals surface area contributed by atoms with Crippen molar-refractivity contribution in [3.8, 4) is 0 Å². The van der Waals surface area contributed by atoms with Gasteiger partial charge in [0.1, 0.15) is 4.99 Å². The third-order valence-corrected chi connectivity index (χ3v) is 3.78. The molecule has 1 heterocycles. The Bertz CT molecular complexity index is 702. The molecule has 0 fully saturated rings. The van der Waals surface area contributed by atoms with Gasteiger partial charge in [0, 0.05) is 18.0 Å². The van der Waals surface area contributed by atoms with Gasteiger partial charge >= 0.3 is 0 Å². The molecule has 0 saturated carbocycles. The summed E-state index contributed by atoms with van der Waals surface area (Å²) in [5.74, 6) is 0.00299. The monoisotopic (exact) mass is 294 g/mol. The Kier molecular flexibility index (Phi) is 3.72. The number of nitrogens with two attached hydrogens (primary N) is 1. The Morgan fingerprint density at radius 2 is 1.89 bits per heavy atom. The van der Waals surface area contributed by atoms with Crippen LogP contribution >= 0.6 is 12.2 Å². The van der Waals surface area contributed by atoms with Gasteiger partial charge in [0.2, 0.25) is 5.95 Å². The van der Waals surface area contributed by atoms with Crippen molar-refractivity contribution in [2.45, 2.75) is 4.90 Å². The predicted octanol–water partition coefficient (Wildman–Crippen LogP) is 0.912. The van der Waals surface area contributed by atoms with Crippen LogP contribution in [-0.2, 0) is 10.0 Å². The molecule has 3 N–H and O–H groups in total. The molecule has 8 heteroatoms. The SMILES string of the molecule is NC(=S)c1cccc(S(=O)(=O)Nc2ncccn2)c1. The smallest absolute Gasteiger partial charge is 0.264 e. The molecule has 0 bridgehead atoms. The minimum Gasteiger partial charge on any atom is -0.389 e. The fourth-order valence-corrected chi connectivity index (χ4v) is 2.48. The second-order valence-corrected chi connectivity index (χ2v) is 5.69. The number of hydrogen-bond donors (Lipinski definition) is 2. The second kappa shape index (κ2) is 5.29. The summed E-state index contributed by atoms with van der Waals surface area (Å²) in [6.07, 6.45) is 2.88. The van der Waals surface area contributed by atoms with Crippen LogP contribution in [0.5, 0.6) is 0 Å². The first-order valence-corrected chi connectivity index (χ1v) is 7.08. The fraction of sp³-hybridized carbons (Fsp3) is 0. The molecule has 6 nitrogen and oxygen atoms in total. The topological polar surface area (TPSA) is 98.0 Å². The molecule has 0 aliphatic carbocycles. The summed E-state index contributed by atoms with van der Waals surface area (Å²) in [5, 5.41) is 0. The van der Waals surface area contributed by atoms with E-state index in [0.29, 0.717) is 5.56 Å². The third kappa shape index (κ3) is 3.24. The average Bonchev–Trinajstić information content (AvgIpc) is 2.39.